The van der Waals surface area contributed by atoms with Crippen LogP contribution in [0.2, 0.25) is 0 Å². The van der Waals surface area contributed by atoms with E-state index in [9.17, 15) is 0 Å². The fourth-order valence-corrected chi connectivity index (χ4v) is 1.63. The first kappa shape index (κ1) is 14.3. The first-order chi connectivity index (χ1) is 8.13. The third-order valence-electron chi connectivity index (χ3n) is 2.53. The van der Waals surface area contributed by atoms with Crippen molar-refractivity contribution in [3.8, 4) is 0 Å². The Labute approximate surface area is 105 Å². The summed E-state index contributed by atoms with van der Waals surface area (Å²) in [4.78, 5) is 0. The minimum Gasteiger partial charge on any atom is -0.465 e. The molecule has 3 heteroatoms. The molecule has 1 rings (SSSR count). The number of furan rings is 1. The Hall–Kier alpha value is -0.800. The van der Waals surface area contributed by atoms with Gasteiger partial charge in [0.2, 0.25) is 0 Å². The van der Waals surface area contributed by atoms with Crippen molar-refractivity contribution < 1.29 is 9.15 Å². The normalized spacial score (nSPS) is 11.4. The van der Waals surface area contributed by atoms with Gasteiger partial charge in [0.15, 0.2) is 0 Å². The smallest absolute Gasteiger partial charge is 0.118 e. The molecule has 1 aromatic rings. The summed E-state index contributed by atoms with van der Waals surface area (Å²) in [5.41, 5.74) is 1.17. The lowest BCUT2D eigenvalue weighted by Crippen LogP contribution is -2.18. The fraction of sp³-hybridized carbons (Fsp3) is 0.714. The summed E-state index contributed by atoms with van der Waals surface area (Å²) in [6.45, 7) is 11.8. The van der Waals surface area contributed by atoms with Gasteiger partial charge in [-0.15, -0.1) is 0 Å². The quantitative estimate of drug-likeness (QED) is 0.707. The molecule has 0 atom stereocenters. The van der Waals surface area contributed by atoms with E-state index in [4.69, 9.17) is 9.15 Å². The molecule has 0 fully saturated rings. The van der Waals surface area contributed by atoms with Crippen molar-refractivity contribution in [3.63, 3.8) is 0 Å². The molecule has 0 bridgehead atoms. The summed E-state index contributed by atoms with van der Waals surface area (Å²) in [5.74, 6) is 2.64. The maximum Gasteiger partial charge on any atom is 0.118 e. The monoisotopic (exact) mass is 239 g/mol. The van der Waals surface area contributed by atoms with Crippen LogP contribution in [0.4, 0.5) is 0 Å². The zero-order valence-electron chi connectivity index (χ0n) is 11.5. The Kier molecular flexibility index (Phi) is 6.30. The third kappa shape index (κ3) is 5.37. The maximum atomic E-state index is 5.68. The minimum absolute atomic E-state index is 0.660. The number of hydrogen-bond acceptors (Lipinski definition) is 3. The molecule has 1 N–H and O–H groups in total. The van der Waals surface area contributed by atoms with Gasteiger partial charge in [0.05, 0.1) is 13.2 Å². The molecule has 0 aliphatic rings. The fourth-order valence-electron chi connectivity index (χ4n) is 1.63. The Morgan fingerprint density at radius 1 is 1.41 bits per heavy atom. The van der Waals surface area contributed by atoms with E-state index in [0.29, 0.717) is 12.5 Å². The van der Waals surface area contributed by atoms with Crippen LogP contribution in [0.3, 0.4) is 0 Å². The van der Waals surface area contributed by atoms with Gasteiger partial charge in [0.1, 0.15) is 11.5 Å². The molecule has 1 aromatic heterocycles. The van der Waals surface area contributed by atoms with E-state index in [-0.39, 0.29) is 0 Å². The van der Waals surface area contributed by atoms with Crippen LogP contribution in [0.1, 0.15) is 44.3 Å². The highest BCUT2D eigenvalue weighted by molar-refractivity contribution is 5.19. The largest absolute Gasteiger partial charge is 0.465 e. The summed E-state index contributed by atoms with van der Waals surface area (Å²) in [5, 5.41) is 3.37. The molecule has 1 heterocycles. The molecule has 0 aliphatic carbocycles. The number of nitrogens with one attached hydrogen (secondary N) is 1. The number of hydrogen-bond donors (Lipinski definition) is 1. The summed E-state index contributed by atoms with van der Waals surface area (Å²) in [7, 11) is 0. The van der Waals surface area contributed by atoms with Crippen LogP contribution in [-0.2, 0) is 17.9 Å². The minimum atomic E-state index is 0.660. The first-order valence-electron chi connectivity index (χ1n) is 6.50. The number of rotatable bonds is 8. The van der Waals surface area contributed by atoms with Gasteiger partial charge in [-0.05, 0) is 31.9 Å². The van der Waals surface area contributed by atoms with Gasteiger partial charge in [-0.25, -0.2) is 0 Å². The first-order valence-corrected chi connectivity index (χ1v) is 6.50. The zero-order chi connectivity index (χ0) is 12.7. The molecule has 0 radical (unpaired) electrons. The van der Waals surface area contributed by atoms with E-state index < -0.39 is 0 Å². The summed E-state index contributed by atoms with van der Waals surface area (Å²) < 4.78 is 11.2. The van der Waals surface area contributed by atoms with Crippen LogP contribution in [0, 0.1) is 12.8 Å². The van der Waals surface area contributed by atoms with Gasteiger partial charge >= 0.3 is 0 Å². The predicted octanol–water partition coefficient (Wildman–Crippen LogP) is 3.26. The van der Waals surface area contributed by atoms with Crippen molar-refractivity contribution in [3.05, 3.63) is 23.2 Å². The topological polar surface area (TPSA) is 34.4 Å². The Morgan fingerprint density at radius 2 is 2.18 bits per heavy atom. The molecule has 98 valence electrons. The second kappa shape index (κ2) is 7.51. The van der Waals surface area contributed by atoms with Gasteiger partial charge < -0.3 is 14.5 Å². The number of aryl methyl sites for hydroxylation is 1. The van der Waals surface area contributed by atoms with Crippen LogP contribution in [0.15, 0.2) is 10.5 Å². The van der Waals surface area contributed by atoms with Crippen LogP contribution >= 0.6 is 0 Å². The van der Waals surface area contributed by atoms with Gasteiger partial charge in [-0.3, -0.25) is 0 Å². The number of ether oxygens (including phenoxy) is 1. The van der Waals surface area contributed by atoms with Gasteiger partial charge in [0.25, 0.3) is 0 Å². The SMILES string of the molecule is CCCOCc1cc(CNCC(C)C)oc1C. The van der Waals surface area contributed by atoms with Crippen molar-refractivity contribution in [1.29, 1.82) is 0 Å². The second-order valence-electron chi connectivity index (χ2n) is 4.87. The maximum absolute atomic E-state index is 5.68. The third-order valence-corrected chi connectivity index (χ3v) is 2.53. The van der Waals surface area contributed by atoms with E-state index in [0.717, 1.165) is 37.6 Å². The molecule has 17 heavy (non-hydrogen) atoms. The molecule has 0 unspecified atom stereocenters. The van der Waals surface area contributed by atoms with Crippen LogP contribution in [0.25, 0.3) is 0 Å². The molecular formula is C14H25NO2. The molecule has 0 spiro atoms. The van der Waals surface area contributed by atoms with E-state index >= 15 is 0 Å². The average molecular weight is 239 g/mol. The van der Waals surface area contributed by atoms with E-state index in [1.807, 2.05) is 6.92 Å². The van der Waals surface area contributed by atoms with Crippen molar-refractivity contribution in [2.45, 2.75) is 47.3 Å². The summed E-state index contributed by atoms with van der Waals surface area (Å²) in [6, 6.07) is 2.10. The Morgan fingerprint density at radius 3 is 2.82 bits per heavy atom. The highest BCUT2D eigenvalue weighted by Gasteiger charge is 2.07. The van der Waals surface area contributed by atoms with Crippen molar-refractivity contribution in [1.82, 2.24) is 5.32 Å². The molecule has 3 nitrogen and oxygen atoms in total. The molecule has 0 aliphatic heterocycles. The highest BCUT2D eigenvalue weighted by atomic mass is 16.5. The van der Waals surface area contributed by atoms with Gasteiger partial charge in [-0.1, -0.05) is 20.8 Å². The summed E-state index contributed by atoms with van der Waals surface area (Å²) >= 11 is 0. The van der Waals surface area contributed by atoms with Crippen molar-refractivity contribution in [2.75, 3.05) is 13.2 Å². The lowest BCUT2D eigenvalue weighted by molar-refractivity contribution is 0.120. The molecular weight excluding hydrogens is 214 g/mol. The van der Waals surface area contributed by atoms with Crippen molar-refractivity contribution >= 4 is 0 Å². The zero-order valence-corrected chi connectivity index (χ0v) is 11.5. The van der Waals surface area contributed by atoms with Crippen LogP contribution in [0.5, 0.6) is 0 Å². The molecule has 0 saturated carbocycles. The van der Waals surface area contributed by atoms with Crippen LogP contribution in [-0.4, -0.2) is 13.2 Å². The van der Waals surface area contributed by atoms with E-state index in [1.165, 1.54) is 5.56 Å². The average Bonchev–Trinajstić information content (AvgIpc) is 2.59. The van der Waals surface area contributed by atoms with Crippen LogP contribution < -0.4 is 5.32 Å². The van der Waals surface area contributed by atoms with E-state index in [1.54, 1.807) is 0 Å². The molecule has 0 aromatic carbocycles. The van der Waals surface area contributed by atoms with E-state index in [2.05, 4.69) is 32.2 Å². The highest BCUT2D eigenvalue weighted by Crippen LogP contribution is 2.15. The van der Waals surface area contributed by atoms with Crippen molar-refractivity contribution in [2.24, 2.45) is 5.92 Å². The van der Waals surface area contributed by atoms with Gasteiger partial charge in [0, 0.05) is 12.2 Å². The van der Waals surface area contributed by atoms with Gasteiger partial charge in [-0.2, -0.15) is 0 Å². The molecule has 0 saturated heterocycles. The standard InChI is InChI=1S/C14H25NO2/c1-5-6-16-10-13-7-14(17-12(13)4)9-15-8-11(2)3/h7,11,15H,5-6,8-10H2,1-4H3. The lowest BCUT2D eigenvalue weighted by atomic mass is 10.2. The molecule has 0 amide bonds. The second-order valence-corrected chi connectivity index (χ2v) is 4.87. The Balaban J connectivity index is 2.38. The lowest BCUT2D eigenvalue weighted by Gasteiger charge is -2.04. The predicted molar refractivity (Wildman–Crippen MR) is 69.9 cm³/mol. The summed E-state index contributed by atoms with van der Waals surface area (Å²) in [6.07, 6.45) is 1.06. The Bertz CT molecular complexity index is 318.